The van der Waals surface area contributed by atoms with Gasteiger partial charge in [-0.05, 0) is 29.2 Å². The van der Waals surface area contributed by atoms with E-state index in [4.69, 9.17) is 18.9 Å². The normalized spacial score (nSPS) is 14.6. The lowest BCUT2D eigenvalue weighted by Gasteiger charge is -2.35. The van der Waals surface area contributed by atoms with Crippen molar-refractivity contribution in [3.05, 3.63) is 40.6 Å². The number of nitrogens with zero attached hydrogens (tertiary/aromatic N) is 1. The van der Waals surface area contributed by atoms with Gasteiger partial charge in [0.15, 0.2) is 0 Å². The van der Waals surface area contributed by atoms with Crippen molar-refractivity contribution in [3.8, 4) is 0 Å². The van der Waals surface area contributed by atoms with Gasteiger partial charge in [-0.15, -0.1) is 0 Å². The van der Waals surface area contributed by atoms with Crippen molar-refractivity contribution in [1.82, 2.24) is 0 Å². The zero-order chi connectivity index (χ0) is 21.1. The third kappa shape index (κ3) is 4.17. The molecule has 0 saturated carbocycles. The first-order valence-electron chi connectivity index (χ1n) is 8.63. The second kappa shape index (κ2) is 8.43. The molecule has 152 valence electrons. The first-order chi connectivity index (χ1) is 13.1. The van der Waals surface area contributed by atoms with E-state index in [0.717, 1.165) is 5.56 Å². The van der Waals surface area contributed by atoms with Crippen LogP contribution in [-0.2, 0) is 34.0 Å². The fraction of sp³-hybridized carbons (Fsp3) is 0.450. The van der Waals surface area contributed by atoms with Crippen LogP contribution < -0.4 is 4.90 Å². The Hall–Kier alpha value is -2.87. The molecule has 1 aromatic carbocycles. The van der Waals surface area contributed by atoms with Crippen LogP contribution in [0, 0.1) is 0 Å². The van der Waals surface area contributed by atoms with Crippen LogP contribution >= 0.6 is 0 Å². The van der Waals surface area contributed by atoms with Crippen LogP contribution in [0.3, 0.4) is 0 Å². The minimum Gasteiger partial charge on any atom is -0.466 e. The van der Waals surface area contributed by atoms with Crippen molar-refractivity contribution in [2.24, 2.45) is 0 Å². The van der Waals surface area contributed by atoms with E-state index in [2.05, 4.69) is 0 Å². The SMILES string of the molecule is COC(=O)C1=C(C(=O)OC)N(c2ccc(C(=O)OC)cc2C(C)(C)C)COC1. The molecule has 0 bridgehead atoms. The molecule has 8 nitrogen and oxygen atoms in total. The molecule has 2 rings (SSSR count). The van der Waals surface area contributed by atoms with Gasteiger partial charge < -0.3 is 23.8 Å². The fourth-order valence-corrected chi connectivity index (χ4v) is 2.95. The second-order valence-electron chi connectivity index (χ2n) is 7.19. The maximum Gasteiger partial charge on any atom is 0.355 e. The Kier molecular flexibility index (Phi) is 6.45. The zero-order valence-corrected chi connectivity index (χ0v) is 17.0. The van der Waals surface area contributed by atoms with Crippen molar-refractivity contribution in [2.45, 2.75) is 26.2 Å². The van der Waals surface area contributed by atoms with Crippen LogP contribution in [0.1, 0.15) is 36.7 Å². The molecular weight excluding hydrogens is 366 g/mol. The predicted octanol–water partition coefficient (Wildman–Crippen LogP) is 2.16. The largest absolute Gasteiger partial charge is 0.466 e. The van der Waals surface area contributed by atoms with Gasteiger partial charge in [-0.1, -0.05) is 20.8 Å². The van der Waals surface area contributed by atoms with Gasteiger partial charge in [0.1, 0.15) is 12.4 Å². The first kappa shape index (κ1) is 21.4. The molecular formula is C20H25NO7. The molecule has 28 heavy (non-hydrogen) atoms. The Morgan fingerprint density at radius 1 is 0.964 bits per heavy atom. The Bertz CT molecular complexity index is 820. The number of carbonyl (C=O) groups is 3. The maximum atomic E-state index is 12.5. The number of methoxy groups -OCH3 is 3. The molecule has 0 N–H and O–H groups in total. The molecule has 0 radical (unpaired) electrons. The summed E-state index contributed by atoms with van der Waals surface area (Å²) in [7, 11) is 3.78. The van der Waals surface area contributed by atoms with Gasteiger partial charge in [-0.3, -0.25) is 0 Å². The van der Waals surface area contributed by atoms with Crippen molar-refractivity contribution < 1.29 is 33.3 Å². The average Bonchev–Trinajstić information content (AvgIpc) is 2.70. The summed E-state index contributed by atoms with van der Waals surface area (Å²) in [5.41, 5.74) is 1.50. The van der Waals surface area contributed by atoms with Crippen LogP contribution in [0.25, 0.3) is 0 Å². The van der Waals surface area contributed by atoms with Crippen molar-refractivity contribution in [3.63, 3.8) is 0 Å². The number of ether oxygens (including phenoxy) is 4. The summed E-state index contributed by atoms with van der Waals surface area (Å²) in [6.45, 7) is 5.88. The van der Waals surface area contributed by atoms with E-state index >= 15 is 0 Å². The standard InChI is InChI=1S/C20H25NO7/c1-20(2,3)14-9-12(17(22)25-4)7-8-15(14)21-11-28-10-13(18(23)26-5)16(21)19(24)27-6/h7-9H,10-11H2,1-6H3. The van der Waals surface area contributed by atoms with E-state index in [-0.39, 0.29) is 30.0 Å². The van der Waals surface area contributed by atoms with E-state index in [9.17, 15) is 14.4 Å². The summed E-state index contributed by atoms with van der Waals surface area (Å²) in [5.74, 6) is -1.82. The molecule has 0 atom stereocenters. The number of anilines is 1. The molecule has 1 heterocycles. The third-order valence-electron chi connectivity index (χ3n) is 4.35. The minimum absolute atomic E-state index is 0.0333. The highest BCUT2D eigenvalue weighted by Crippen LogP contribution is 2.36. The lowest BCUT2D eigenvalue weighted by Crippen LogP contribution is -2.40. The number of hydrogen-bond donors (Lipinski definition) is 0. The Balaban J connectivity index is 2.71. The monoisotopic (exact) mass is 391 g/mol. The topological polar surface area (TPSA) is 91.4 Å². The highest BCUT2D eigenvalue weighted by atomic mass is 16.5. The van der Waals surface area contributed by atoms with Crippen molar-refractivity contribution in [1.29, 1.82) is 0 Å². The summed E-state index contributed by atoms with van der Waals surface area (Å²) in [4.78, 5) is 38.2. The van der Waals surface area contributed by atoms with Gasteiger partial charge in [0.2, 0.25) is 0 Å². The highest BCUT2D eigenvalue weighted by Gasteiger charge is 2.35. The molecule has 0 aliphatic carbocycles. The van der Waals surface area contributed by atoms with E-state index in [1.165, 1.54) is 21.3 Å². The van der Waals surface area contributed by atoms with Crippen LogP contribution in [-0.4, -0.2) is 52.6 Å². The molecule has 0 fully saturated rings. The first-order valence-corrected chi connectivity index (χ1v) is 8.63. The van der Waals surface area contributed by atoms with Gasteiger partial charge in [0.25, 0.3) is 0 Å². The Morgan fingerprint density at radius 3 is 2.11 bits per heavy atom. The minimum atomic E-state index is -0.680. The third-order valence-corrected chi connectivity index (χ3v) is 4.35. The van der Waals surface area contributed by atoms with Gasteiger partial charge in [-0.25, -0.2) is 14.4 Å². The highest BCUT2D eigenvalue weighted by molar-refractivity contribution is 6.03. The van der Waals surface area contributed by atoms with Gasteiger partial charge in [0, 0.05) is 5.69 Å². The molecule has 8 heteroatoms. The maximum absolute atomic E-state index is 12.5. The molecule has 0 saturated heterocycles. The average molecular weight is 391 g/mol. The second-order valence-corrected chi connectivity index (χ2v) is 7.19. The molecule has 1 aliphatic rings. The Morgan fingerprint density at radius 2 is 1.57 bits per heavy atom. The number of carbonyl (C=O) groups excluding carboxylic acids is 3. The van der Waals surface area contributed by atoms with Gasteiger partial charge in [0.05, 0.1) is 39.1 Å². The van der Waals surface area contributed by atoms with Gasteiger partial charge >= 0.3 is 17.9 Å². The van der Waals surface area contributed by atoms with Crippen LogP contribution in [0.15, 0.2) is 29.5 Å². The fourth-order valence-electron chi connectivity index (χ4n) is 2.95. The number of benzene rings is 1. The van der Waals surface area contributed by atoms with Crippen LogP contribution in [0.5, 0.6) is 0 Å². The quantitative estimate of drug-likeness (QED) is 0.570. The molecule has 0 aromatic heterocycles. The lowest BCUT2D eigenvalue weighted by atomic mass is 9.84. The summed E-state index contributed by atoms with van der Waals surface area (Å²) in [6.07, 6.45) is 0. The van der Waals surface area contributed by atoms with Gasteiger partial charge in [-0.2, -0.15) is 0 Å². The molecule has 0 unspecified atom stereocenters. The van der Waals surface area contributed by atoms with Crippen molar-refractivity contribution in [2.75, 3.05) is 39.6 Å². The summed E-state index contributed by atoms with van der Waals surface area (Å²) in [6, 6.07) is 5.00. The summed E-state index contributed by atoms with van der Waals surface area (Å²) < 4.78 is 20.0. The van der Waals surface area contributed by atoms with E-state index in [1.54, 1.807) is 23.1 Å². The van der Waals surface area contributed by atoms with Crippen LogP contribution in [0.2, 0.25) is 0 Å². The molecule has 1 aromatic rings. The Labute approximate surface area is 164 Å². The summed E-state index contributed by atoms with van der Waals surface area (Å²) >= 11 is 0. The van der Waals surface area contributed by atoms with E-state index in [1.807, 2.05) is 20.8 Å². The smallest absolute Gasteiger partial charge is 0.355 e. The predicted molar refractivity (Wildman–Crippen MR) is 101 cm³/mol. The number of rotatable bonds is 4. The lowest BCUT2D eigenvalue weighted by molar-refractivity contribution is -0.140. The van der Waals surface area contributed by atoms with E-state index < -0.39 is 17.9 Å². The molecule has 1 aliphatic heterocycles. The number of hydrogen-bond acceptors (Lipinski definition) is 8. The number of esters is 3. The van der Waals surface area contributed by atoms with Crippen LogP contribution in [0.4, 0.5) is 5.69 Å². The summed E-state index contributed by atoms with van der Waals surface area (Å²) in [5, 5.41) is 0. The molecule has 0 spiro atoms. The zero-order valence-electron chi connectivity index (χ0n) is 17.0. The van der Waals surface area contributed by atoms with E-state index in [0.29, 0.717) is 11.3 Å². The molecule has 0 amide bonds. The van der Waals surface area contributed by atoms with Crippen molar-refractivity contribution >= 4 is 23.6 Å².